The first kappa shape index (κ1) is 9.94. The zero-order valence-electron chi connectivity index (χ0n) is 8.68. The fraction of sp³-hybridized carbons (Fsp3) is 0.455. The van der Waals surface area contributed by atoms with Gasteiger partial charge in [0.15, 0.2) is 0 Å². The van der Waals surface area contributed by atoms with Gasteiger partial charge in [-0.25, -0.2) is 4.98 Å². The van der Waals surface area contributed by atoms with E-state index in [4.69, 9.17) is 10.00 Å². The maximum absolute atomic E-state index is 8.81. The zero-order valence-corrected chi connectivity index (χ0v) is 8.68. The third-order valence-corrected chi connectivity index (χ3v) is 2.54. The number of hydrogen-bond donors (Lipinski definition) is 0. The van der Waals surface area contributed by atoms with Crippen molar-refractivity contribution in [3.63, 3.8) is 0 Å². The van der Waals surface area contributed by atoms with Crippen LogP contribution in [0.5, 0.6) is 0 Å². The third kappa shape index (κ3) is 2.08. The Balaban J connectivity index is 2.24. The van der Waals surface area contributed by atoms with Gasteiger partial charge in [-0.1, -0.05) is 0 Å². The summed E-state index contributed by atoms with van der Waals surface area (Å²) in [5.41, 5.74) is 0.652. The molecule has 1 saturated heterocycles. The van der Waals surface area contributed by atoms with Crippen LogP contribution >= 0.6 is 0 Å². The molecule has 0 amide bonds. The van der Waals surface area contributed by atoms with Gasteiger partial charge in [0.2, 0.25) is 0 Å². The van der Waals surface area contributed by atoms with Crippen LogP contribution in [0.25, 0.3) is 0 Å². The number of hydrogen-bond acceptors (Lipinski definition) is 4. The minimum absolute atomic E-state index is 0.320. The number of pyridine rings is 1. The summed E-state index contributed by atoms with van der Waals surface area (Å²) in [6.45, 7) is 4.38. The Bertz CT molecular complexity index is 386. The number of morpholine rings is 1. The Morgan fingerprint density at radius 1 is 1.67 bits per heavy atom. The van der Waals surface area contributed by atoms with Gasteiger partial charge >= 0.3 is 0 Å². The second kappa shape index (κ2) is 4.28. The smallest absolute Gasteiger partial charge is 0.130 e. The molecular formula is C11H13N3O. The van der Waals surface area contributed by atoms with Crippen LogP contribution in [0.3, 0.4) is 0 Å². The lowest BCUT2D eigenvalue weighted by molar-refractivity contribution is 0.0985. The monoisotopic (exact) mass is 203 g/mol. The maximum Gasteiger partial charge on any atom is 0.130 e. The van der Waals surface area contributed by atoms with Crippen LogP contribution in [0.1, 0.15) is 12.5 Å². The van der Waals surface area contributed by atoms with E-state index in [9.17, 15) is 0 Å². The minimum atomic E-state index is 0.320. The Hall–Kier alpha value is -1.60. The molecular weight excluding hydrogens is 190 g/mol. The van der Waals surface area contributed by atoms with Crippen LogP contribution < -0.4 is 4.90 Å². The van der Waals surface area contributed by atoms with Crippen molar-refractivity contribution in [2.75, 3.05) is 24.7 Å². The molecule has 0 saturated carbocycles. The molecule has 0 bridgehead atoms. The number of nitriles is 1. The summed E-state index contributed by atoms with van der Waals surface area (Å²) in [6, 6.07) is 5.98. The van der Waals surface area contributed by atoms with Crippen molar-refractivity contribution < 1.29 is 4.74 Å². The van der Waals surface area contributed by atoms with Gasteiger partial charge in [-0.2, -0.15) is 5.26 Å². The number of nitrogens with zero attached hydrogens (tertiary/aromatic N) is 3. The first-order chi connectivity index (χ1) is 7.31. The molecule has 4 heteroatoms. The van der Waals surface area contributed by atoms with Crippen molar-refractivity contribution in [3.05, 3.63) is 23.9 Å². The molecule has 0 aromatic carbocycles. The molecule has 1 aliphatic rings. The van der Waals surface area contributed by atoms with Gasteiger partial charge in [-0.15, -0.1) is 0 Å². The van der Waals surface area contributed by atoms with Crippen molar-refractivity contribution in [2.45, 2.75) is 13.0 Å². The van der Waals surface area contributed by atoms with Crippen LogP contribution in [0.2, 0.25) is 0 Å². The highest BCUT2D eigenvalue weighted by molar-refractivity contribution is 5.45. The van der Waals surface area contributed by atoms with E-state index in [1.54, 1.807) is 12.3 Å². The zero-order chi connectivity index (χ0) is 10.7. The molecule has 0 aliphatic carbocycles. The summed E-state index contributed by atoms with van der Waals surface area (Å²) in [5.74, 6) is 0.866. The van der Waals surface area contributed by atoms with E-state index in [0.29, 0.717) is 11.6 Å². The maximum atomic E-state index is 8.81. The third-order valence-electron chi connectivity index (χ3n) is 2.54. The van der Waals surface area contributed by atoms with Gasteiger partial charge < -0.3 is 9.64 Å². The number of rotatable bonds is 1. The molecule has 0 radical (unpaired) electrons. The first-order valence-corrected chi connectivity index (χ1v) is 5.02. The highest BCUT2D eigenvalue weighted by Crippen LogP contribution is 2.17. The predicted molar refractivity (Wildman–Crippen MR) is 56.6 cm³/mol. The molecule has 2 rings (SSSR count). The summed E-state index contributed by atoms with van der Waals surface area (Å²) in [7, 11) is 0. The van der Waals surface area contributed by atoms with E-state index in [1.165, 1.54) is 0 Å². The Morgan fingerprint density at radius 3 is 3.27 bits per heavy atom. The predicted octanol–water partition coefficient (Wildman–Crippen LogP) is 1.18. The molecule has 1 aliphatic heterocycles. The van der Waals surface area contributed by atoms with E-state index in [0.717, 1.165) is 25.6 Å². The molecule has 78 valence electrons. The van der Waals surface area contributed by atoms with E-state index in [-0.39, 0.29) is 0 Å². The average molecular weight is 203 g/mol. The van der Waals surface area contributed by atoms with Crippen molar-refractivity contribution in [3.8, 4) is 6.07 Å². The van der Waals surface area contributed by atoms with Gasteiger partial charge in [0.25, 0.3) is 0 Å². The largest absolute Gasteiger partial charge is 0.377 e. The molecule has 1 aromatic rings. The van der Waals surface area contributed by atoms with Gasteiger partial charge in [0, 0.05) is 12.7 Å². The van der Waals surface area contributed by atoms with Gasteiger partial charge in [0.1, 0.15) is 5.82 Å². The van der Waals surface area contributed by atoms with Gasteiger partial charge in [-0.3, -0.25) is 0 Å². The molecule has 1 aromatic heterocycles. The Labute approximate surface area is 89.1 Å². The molecule has 4 nitrogen and oxygen atoms in total. The lowest BCUT2D eigenvalue weighted by Gasteiger charge is -2.34. The quantitative estimate of drug-likeness (QED) is 0.687. The second-order valence-electron chi connectivity index (χ2n) is 3.63. The van der Waals surface area contributed by atoms with E-state index in [2.05, 4.69) is 22.9 Å². The van der Waals surface area contributed by atoms with Crippen LogP contribution in [0.15, 0.2) is 18.3 Å². The van der Waals surface area contributed by atoms with Gasteiger partial charge in [-0.05, 0) is 19.1 Å². The van der Waals surface area contributed by atoms with Crippen molar-refractivity contribution in [2.24, 2.45) is 0 Å². The molecule has 1 atom stereocenters. The Morgan fingerprint density at radius 2 is 2.53 bits per heavy atom. The molecule has 1 unspecified atom stereocenters. The number of ether oxygens (including phenoxy) is 1. The van der Waals surface area contributed by atoms with Crippen molar-refractivity contribution >= 4 is 5.82 Å². The van der Waals surface area contributed by atoms with E-state index >= 15 is 0 Å². The highest BCUT2D eigenvalue weighted by atomic mass is 16.5. The summed E-state index contributed by atoms with van der Waals surface area (Å²) in [5, 5.41) is 8.81. The Kier molecular flexibility index (Phi) is 2.84. The fourth-order valence-corrected chi connectivity index (χ4v) is 1.71. The first-order valence-electron chi connectivity index (χ1n) is 5.02. The molecule has 0 N–H and O–H groups in total. The normalized spacial score (nSPS) is 21.1. The molecule has 2 heterocycles. The van der Waals surface area contributed by atoms with Crippen LogP contribution in [-0.4, -0.2) is 30.8 Å². The van der Waals surface area contributed by atoms with E-state index < -0.39 is 0 Å². The van der Waals surface area contributed by atoms with Crippen molar-refractivity contribution in [1.82, 2.24) is 4.98 Å². The fourth-order valence-electron chi connectivity index (χ4n) is 1.71. The van der Waals surface area contributed by atoms with Crippen molar-refractivity contribution in [1.29, 1.82) is 5.26 Å². The summed E-state index contributed by atoms with van der Waals surface area (Å²) >= 11 is 0. The lowest BCUT2D eigenvalue weighted by atomic mass is 10.2. The molecule has 15 heavy (non-hydrogen) atoms. The second-order valence-corrected chi connectivity index (χ2v) is 3.63. The topological polar surface area (TPSA) is 49.1 Å². The van der Waals surface area contributed by atoms with Crippen LogP contribution in [0.4, 0.5) is 5.82 Å². The minimum Gasteiger partial charge on any atom is -0.377 e. The van der Waals surface area contributed by atoms with Crippen LogP contribution in [-0.2, 0) is 4.74 Å². The number of anilines is 1. The summed E-state index contributed by atoms with van der Waals surface area (Å²) in [6.07, 6.45) is 1.68. The van der Waals surface area contributed by atoms with Gasteiger partial charge in [0.05, 0.1) is 30.9 Å². The van der Waals surface area contributed by atoms with Crippen LogP contribution in [0, 0.1) is 11.3 Å². The summed E-state index contributed by atoms with van der Waals surface area (Å²) in [4.78, 5) is 6.45. The van der Waals surface area contributed by atoms with E-state index in [1.807, 2.05) is 6.07 Å². The lowest BCUT2D eigenvalue weighted by Crippen LogP contribution is -2.44. The SMILES string of the molecule is CC1COCCN1c1cc(C#N)ccn1. The molecule has 1 fully saturated rings. The average Bonchev–Trinajstić information content (AvgIpc) is 2.30. The molecule has 0 spiro atoms. The standard InChI is InChI=1S/C11H13N3O/c1-9-8-15-5-4-14(9)11-6-10(7-12)2-3-13-11/h2-3,6,9H,4-5,8H2,1H3. The summed E-state index contributed by atoms with van der Waals surface area (Å²) < 4.78 is 5.36. The highest BCUT2D eigenvalue weighted by Gasteiger charge is 2.19. The number of aromatic nitrogens is 1.